The predicted molar refractivity (Wildman–Crippen MR) is 114 cm³/mol. The highest BCUT2D eigenvalue weighted by Crippen LogP contribution is 2.33. The summed E-state index contributed by atoms with van der Waals surface area (Å²) in [5, 5.41) is 20.3. The molecule has 0 unspecified atom stereocenters. The van der Waals surface area contributed by atoms with Crippen molar-refractivity contribution in [3.63, 3.8) is 0 Å². The van der Waals surface area contributed by atoms with Crippen LogP contribution in [0.2, 0.25) is 0 Å². The Kier molecular flexibility index (Phi) is 6.56. The molecule has 2 aromatic carbocycles. The number of aromatic nitrogens is 1. The van der Waals surface area contributed by atoms with E-state index < -0.39 is 0 Å². The van der Waals surface area contributed by atoms with Crippen LogP contribution < -0.4 is 19.0 Å². The van der Waals surface area contributed by atoms with E-state index in [4.69, 9.17) is 14.2 Å². The molecule has 8 heteroatoms. The standard InChI is InChI=1S/C21H23N3O4S/c1-5-24-17(16-11-15(26-2)7-9-19(16)27-3)13-29-21(24)23-22-12-14-6-8-18(25)20(10-14)28-4/h6-13,25H,5H2,1-4H3/b22-12+,23-21?. The van der Waals surface area contributed by atoms with Crippen LogP contribution in [0.5, 0.6) is 23.0 Å². The van der Waals surface area contributed by atoms with Gasteiger partial charge < -0.3 is 23.9 Å². The van der Waals surface area contributed by atoms with Crippen LogP contribution in [-0.2, 0) is 6.54 Å². The zero-order chi connectivity index (χ0) is 20.8. The van der Waals surface area contributed by atoms with E-state index in [0.29, 0.717) is 5.75 Å². The minimum absolute atomic E-state index is 0.0838. The van der Waals surface area contributed by atoms with E-state index >= 15 is 0 Å². The van der Waals surface area contributed by atoms with Gasteiger partial charge in [0, 0.05) is 17.5 Å². The van der Waals surface area contributed by atoms with Crippen LogP contribution in [0.25, 0.3) is 11.3 Å². The van der Waals surface area contributed by atoms with Gasteiger partial charge in [-0.15, -0.1) is 16.4 Å². The number of methoxy groups -OCH3 is 3. The number of nitrogens with zero attached hydrogens (tertiary/aromatic N) is 3. The van der Waals surface area contributed by atoms with Crippen molar-refractivity contribution in [2.24, 2.45) is 10.2 Å². The van der Waals surface area contributed by atoms with Crippen molar-refractivity contribution in [3.05, 3.63) is 52.1 Å². The van der Waals surface area contributed by atoms with Gasteiger partial charge in [-0.3, -0.25) is 0 Å². The Balaban J connectivity index is 1.98. The summed E-state index contributed by atoms with van der Waals surface area (Å²) in [5.41, 5.74) is 2.69. The summed E-state index contributed by atoms with van der Waals surface area (Å²) in [6.07, 6.45) is 1.62. The Morgan fingerprint density at radius 1 is 1.03 bits per heavy atom. The molecule has 29 heavy (non-hydrogen) atoms. The van der Waals surface area contributed by atoms with Crippen molar-refractivity contribution in [3.8, 4) is 34.3 Å². The second-order valence-electron chi connectivity index (χ2n) is 5.99. The first-order valence-electron chi connectivity index (χ1n) is 8.96. The number of ether oxygens (including phenoxy) is 3. The highest BCUT2D eigenvalue weighted by atomic mass is 32.1. The fourth-order valence-corrected chi connectivity index (χ4v) is 3.78. The van der Waals surface area contributed by atoms with Gasteiger partial charge in [0.25, 0.3) is 0 Å². The maximum Gasteiger partial charge on any atom is 0.211 e. The maximum atomic E-state index is 9.68. The molecule has 3 rings (SSSR count). The van der Waals surface area contributed by atoms with Crippen LogP contribution in [0.4, 0.5) is 0 Å². The highest BCUT2D eigenvalue weighted by molar-refractivity contribution is 7.07. The predicted octanol–water partition coefficient (Wildman–Crippen LogP) is 3.90. The van der Waals surface area contributed by atoms with Gasteiger partial charge in [-0.25, -0.2) is 0 Å². The van der Waals surface area contributed by atoms with Crippen LogP contribution in [0.15, 0.2) is 52.0 Å². The summed E-state index contributed by atoms with van der Waals surface area (Å²) in [5.74, 6) is 1.99. The minimum Gasteiger partial charge on any atom is -0.504 e. The molecule has 0 saturated heterocycles. The Hall–Kier alpha value is -3.26. The molecule has 3 aromatic rings. The lowest BCUT2D eigenvalue weighted by atomic mass is 10.1. The van der Waals surface area contributed by atoms with Gasteiger partial charge in [0.05, 0.1) is 33.2 Å². The molecule has 0 aliphatic heterocycles. The van der Waals surface area contributed by atoms with Gasteiger partial charge in [-0.05, 0) is 48.9 Å². The Bertz CT molecular complexity index is 1090. The second kappa shape index (κ2) is 9.29. The number of rotatable bonds is 7. The van der Waals surface area contributed by atoms with Gasteiger partial charge in [0.15, 0.2) is 11.5 Å². The third kappa shape index (κ3) is 4.43. The molecule has 0 aliphatic rings. The molecular weight excluding hydrogens is 390 g/mol. The smallest absolute Gasteiger partial charge is 0.211 e. The van der Waals surface area contributed by atoms with E-state index in [-0.39, 0.29) is 5.75 Å². The van der Waals surface area contributed by atoms with Crippen LogP contribution in [0.1, 0.15) is 12.5 Å². The maximum absolute atomic E-state index is 9.68. The first-order valence-corrected chi connectivity index (χ1v) is 9.84. The lowest BCUT2D eigenvalue weighted by molar-refractivity contribution is 0.373. The SMILES string of the molecule is CCn1c(-c2cc(OC)ccc2OC)csc1=N/N=C/c1ccc(O)c(OC)c1. The first kappa shape index (κ1) is 20.5. The van der Waals surface area contributed by atoms with Gasteiger partial charge in [-0.2, -0.15) is 5.10 Å². The third-order valence-electron chi connectivity index (χ3n) is 4.35. The number of benzene rings is 2. The lowest BCUT2D eigenvalue weighted by Crippen LogP contribution is -2.14. The Morgan fingerprint density at radius 3 is 2.52 bits per heavy atom. The van der Waals surface area contributed by atoms with Crippen molar-refractivity contribution >= 4 is 17.6 Å². The Labute approximate surface area is 173 Å². The summed E-state index contributed by atoms with van der Waals surface area (Å²) in [7, 11) is 4.79. The third-order valence-corrected chi connectivity index (χ3v) is 5.20. The van der Waals surface area contributed by atoms with E-state index in [1.165, 1.54) is 18.4 Å². The number of phenols is 1. The quantitative estimate of drug-likeness (QED) is 0.471. The Morgan fingerprint density at radius 2 is 1.83 bits per heavy atom. The molecule has 1 heterocycles. The normalized spacial score (nSPS) is 11.8. The van der Waals surface area contributed by atoms with Gasteiger partial charge >= 0.3 is 0 Å². The summed E-state index contributed by atoms with van der Waals surface area (Å²) in [6.45, 7) is 2.77. The van der Waals surface area contributed by atoms with Crippen molar-refractivity contribution < 1.29 is 19.3 Å². The van der Waals surface area contributed by atoms with E-state index in [0.717, 1.165) is 39.7 Å². The van der Waals surface area contributed by atoms with E-state index in [9.17, 15) is 5.11 Å². The van der Waals surface area contributed by atoms with Gasteiger partial charge in [-0.1, -0.05) is 0 Å². The molecule has 0 atom stereocenters. The number of phenolic OH excluding ortho intramolecular Hbond substituents is 1. The molecule has 7 nitrogen and oxygen atoms in total. The zero-order valence-corrected chi connectivity index (χ0v) is 17.6. The average molecular weight is 413 g/mol. The average Bonchev–Trinajstić information content (AvgIpc) is 3.17. The van der Waals surface area contributed by atoms with Gasteiger partial charge in [0.2, 0.25) is 4.80 Å². The van der Waals surface area contributed by atoms with Crippen LogP contribution in [0, 0.1) is 0 Å². The second-order valence-corrected chi connectivity index (χ2v) is 6.83. The molecule has 0 bridgehead atoms. The molecule has 0 radical (unpaired) electrons. The zero-order valence-electron chi connectivity index (χ0n) is 16.7. The molecule has 0 aliphatic carbocycles. The number of hydrogen-bond acceptors (Lipinski definition) is 7. The molecule has 1 N–H and O–H groups in total. The van der Waals surface area contributed by atoms with Crippen molar-refractivity contribution in [1.82, 2.24) is 4.57 Å². The molecule has 1 aromatic heterocycles. The summed E-state index contributed by atoms with van der Waals surface area (Å²) >= 11 is 1.49. The lowest BCUT2D eigenvalue weighted by Gasteiger charge is -2.12. The van der Waals surface area contributed by atoms with Crippen LogP contribution >= 0.6 is 11.3 Å². The van der Waals surface area contributed by atoms with Crippen molar-refractivity contribution in [2.75, 3.05) is 21.3 Å². The molecule has 152 valence electrons. The highest BCUT2D eigenvalue weighted by Gasteiger charge is 2.13. The van der Waals surface area contributed by atoms with E-state index in [1.54, 1.807) is 38.6 Å². The summed E-state index contributed by atoms with van der Waals surface area (Å²) in [4.78, 5) is 0.759. The molecule has 0 fully saturated rings. The van der Waals surface area contributed by atoms with Crippen molar-refractivity contribution in [1.29, 1.82) is 0 Å². The summed E-state index contributed by atoms with van der Waals surface area (Å²) < 4.78 is 18.1. The molecular formula is C21H23N3O4S. The fourth-order valence-electron chi connectivity index (χ4n) is 2.86. The minimum atomic E-state index is 0.0838. The number of aromatic hydroxyl groups is 1. The summed E-state index contributed by atoms with van der Waals surface area (Å²) in [6, 6.07) is 10.7. The van der Waals surface area contributed by atoms with Crippen molar-refractivity contribution in [2.45, 2.75) is 13.5 Å². The van der Waals surface area contributed by atoms with Crippen LogP contribution in [0.3, 0.4) is 0 Å². The topological polar surface area (TPSA) is 77.6 Å². The molecule has 0 saturated carbocycles. The molecule has 0 spiro atoms. The van der Waals surface area contributed by atoms with Gasteiger partial charge in [0.1, 0.15) is 11.5 Å². The monoisotopic (exact) mass is 413 g/mol. The van der Waals surface area contributed by atoms with Crippen LogP contribution in [-0.4, -0.2) is 37.2 Å². The van der Waals surface area contributed by atoms with E-state index in [1.807, 2.05) is 23.6 Å². The largest absolute Gasteiger partial charge is 0.504 e. The first-order chi connectivity index (χ1) is 14.1. The number of thiazole rings is 1. The fraction of sp³-hybridized carbons (Fsp3) is 0.238. The number of hydrogen-bond donors (Lipinski definition) is 1. The van der Waals surface area contributed by atoms with E-state index in [2.05, 4.69) is 21.7 Å². The molecule has 0 amide bonds.